The molecule has 9 heteroatoms. The van der Waals surface area contributed by atoms with Gasteiger partial charge in [-0.15, -0.1) is 23.2 Å². The monoisotopic (exact) mass is 418 g/mol. The van der Waals surface area contributed by atoms with Gasteiger partial charge in [-0.2, -0.15) is 4.31 Å². The summed E-state index contributed by atoms with van der Waals surface area (Å²) in [7, 11) is -3.75. The van der Waals surface area contributed by atoms with E-state index in [4.69, 9.17) is 23.2 Å². The number of alkyl halides is 2. The summed E-state index contributed by atoms with van der Waals surface area (Å²) in [4.78, 5) is 12.2. The fourth-order valence-electron chi connectivity index (χ4n) is 2.24. The number of amides is 1. The van der Waals surface area contributed by atoms with Crippen molar-refractivity contribution in [2.75, 3.05) is 30.2 Å². The third-order valence-corrected chi connectivity index (χ3v) is 5.76. The van der Waals surface area contributed by atoms with Crippen molar-refractivity contribution in [2.24, 2.45) is 0 Å². The summed E-state index contributed by atoms with van der Waals surface area (Å²) in [6.07, 6.45) is 0. The van der Waals surface area contributed by atoms with E-state index in [1.165, 1.54) is 46.8 Å². The second kappa shape index (κ2) is 9.32. The van der Waals surface area contributed by atoms with E-state index in [0.29, 0.717) is 5.69 Å². The average molecular weight is 419 g/mol. The number of hydrogen-bond acceptors (Lipinski definition) is 3. The smallest absolute Gasteiger partial charge is 0.255 e. The number of rotatable bonds is 8. The molecule has 26 heavy (non-hydrogen) atoms. The summed E-state index contributed by atoms with van der Waals surface area (Å²) in [6, 6.07) is 10.9. The standard InChI is InChI=1S/C17H17Cl2FN2O3S/c18-8-10-22(11-9-19)26(24,25)16-6-4-13(5-7-16)17(23)21-15-3-1-2-14(20)12-15/h1-7,12H,8-11H2,(H,21,23). The van der Waals surface area contributed by atoms with Crippen LogP contribution in [0.15, 0.2) is 53.4 Å². The van der Waals surface area contributed by atoms with Crippen LogP contribution in [-0.4, -0.2) is 43.5 Å². The van der Waals surface area contributed by atoms with Gasteiger partial charge in [0.2, 0.25) is 10.0 Å². The van der Waals surface area contributed by atoms with E-state index in [-0.39, 0.29) is 35.3 Å². The van der Waals surface area contributed by atoms with Crippen LogP contribution in [0.5, 0.6) is 0 Å². The minimum absolute atomic E-state index is 0.0371. The lowest BCUT2D eigenvalue weighted by molar-refractivity contribution is 0.102. The number of nitrogens with one attached hydrogen (secondary N) is 1. The van der Waals surface area contributed by atoms with E-state index in [0.717, 1.165) is 0 Å². The van der Waals surface area contributed by atoms with E-state index >= 15 is 0 Å². The molecule has 0 unspecified atom stereocenters. The lowest BCUT2D eigenvalue weighted by atomic mass is 10.2. The summed E-state index contributed by atoms with van der Waals surface area (Å²) in [5.74, 6) is -0.657. The summed E-state index contributed by atoms with van der Waals surface area (Å²) in [5, 5.41) is 2.55. The molecule has 0 heterocycles. The molecule has 0 aliphatic carbocycles. The lowest BCUT2D eigenvalue weighted by Gasteiger charge is -2.20. The molecule has 5 nitrogen and oxygen atoms in total. The maximum absolute atomic E-state index is 13.2. The van der Waals surface area contributed by atoms with Crippen LogP contribution in [-0.2, 0) is 10.0 Å². The Morgan fingerprint density at radius 2 is 1.65 bits per heavy atom. The van der Waals surface area contributed by atoms with E-state index in [9.17, 15) is 17.6 Å². The minimum atomic E-state index is -3.75. The SMILES string of the molecule is O=C(Nc1cccc(F)c1)c1ccc(S(=O)(=O)N(CCCl)CCCl)cc1. The van der Waals surface area contributed by atoms with Crippen LogP contribution in [0.1, 0.15) is 10.4 Å². The molecule has 1 amide bonds. The zero-order valence-corrected chi connectivity index (χ0v) is 16.0. The van der Waals surface area contributed by atoms with Crippen molar-refractivity contribution in [1.29, 1.82) is 0 Å². The van der Waals surface area contributed by atoms with Crippen molar-refractivity contribution >= 4 is 44.8 Å². The van der Waals surface area contributed by atoms with Crippen LogP contribution in [0.4, 0.5) is 10.1 Å². The van der Waals surface area contributed by atoms with Crippen molar-refractivity contribution in [3.63, 3.8) is 0 Å². The first-order valence-corrected chi connectivity index (χ1v) is 10.2. The number of halogens is 3. The molecule has 0 spiro atoms. The normalized spacial score (nSPS) is 11.5. The number of benzene rings is 2. The highest BCUT2D eigenvalue weighted by molar-refractivity contribution is 7.89. The Morgan fingerprint density at radius 1 is 1.04 bits per heavy atom. The van der Waals surface area contributed by atoms with Crippen molar-refractivity contribution in [2.45, 2.75) is 4.90 Å². The molecule has 2 aromatic carbocycles. The molecule has 0 saturated heterocycles. The molecule has 0 radical (unpaired) electrons. The third-order valence-electron chi connectivity index (χ3n) is 3.50. The summed E-state index contributed by atoms with van der Waals surface area (Å²) >= 11 is 11.3. The van der Waals surface area contributed by atoms with Gasteiger partial charge in [-0.3, -0.25) is 4.79 Å². The first-order valence-electron chi connectivity index (χ1n) is 7.67. The second-order valence-corrected chi connectivity index (χ2v) is 7.96. The molecular weight excluding hydrogens is 402 g/mol. The second-order valence-electron chi connectivity index (χ2n) is 5.27. The maximum atomic E-state index is 13.2. The van der Waals surface area contributed by atoms with Gasteiger partial charge < -0.3 is 5.32 Å². The van der Waals surface area contributed by atoms with Crippen LogP contribution < -0.4 is 5.32 Å². The Kier molecular flexibility index (Phi) is 7.40. The number of carbonyl (C=O) groups excluding carboxylic acids is 1. The van der Waals surface area contributed by atoms with E-state index in [1.807, 2.05) is 0 Å². The number of sulfonamides is 1. The first kappa shape index (κ1) is 20.6. The molecule has 2 rings (SSSR count). The number of carbonyl (C=O) groups is 1. The molecule has 0 atom stereocenters. The van der Waals surface area contributed by atoms with Gasteiger partial charge in [0, 0.05) is 36.1 Å². The zero-order valence-electron chi connectivity index (χ0n) is 13.7. The van der Waals surface area contributed by atoms with Crippen molar-refractivity contribution in [1.82, 2.24) is 4.31 Å². The highest BCUT2D eigenvalue weighted by Gasteiger charge is 2.23. The fraction of sp³-hybridized carbons (Fsp3) is 0.235. The third kappa shape index (κ3) is 5.17. The number of anilines is 1. The van der Waals surface area contributed by atoms with E-state index in [2.05, 4.69) is 5.32 Å². The van der Waals surface area contributed by atoms with Gasteiger partial charge in [0.15, 0.2) is 0 Å². The van der Waals surface area contributed by atoms with Gasteiger partial charge in [-0.25, -0.2) is 12.8 Å². The Balaban J connectivity index is 2.17. The van der Waals surface area contributed by atoms with E-state index in [1.54, 1.807) is 6.07 Å². The van der Waals surface area contributed by atoms with Crippen LogP contribution in [0, 0.1) is 5.82 Å². The predicted octanol–water partition coefficient (Wildman–Crippen LogP) is 3.55. The van der Waals surface area contributed by atoms with E-state index < -0.39 is 21.7 Å². The Labute approximate surface area is 161 Å². The van der Waals surface area contributed by atoms with Gasteiger partial charge in [-0.1, -0.05) is 6.07 Å². The molecular formula is C17H17Cl2FN2O3S. The molecule has 0 bridgehead atoms. The quantitative estimate of drug-likeness (QED) is 0.666. The molecule has 0 aromatic heterocycles. The lowest BCUT2D eigenvalue weighted by Crippen LogP contribution is -2.34. The molecule has 1 N–H and O–H groups in total. The summed E-state index contributed by atoms with van der Waals surface area (Å²) in [6.45, 7) is 0.275. The van der Waals surface area contributed by atoms with Gasteiger partial charge in [-0.05, 0) is 42.5 Å². The molecule has 0 aliphatic rings. The predicted molar refractivity (Wildman–Crippen MR) is 101 cm³/mol. The van der Waals surface area contributed by atoms with Crippen molar-refractivity contribution < 1.29 is 17.6 Å². The van der Waals surface area contributed by atoms with Gasteiger partial charge in [0.05, 0.1) is 4.90 Å². The Hall–Kier alpha value is -1.67. The zero-order chi connectivity index (χ0) is 19.2. The van der Waals surface area contributed by atoms with Crippen molar-refractivity contribution in [3.8, 4) is 0 Å². The van der Waals surface area contributed by atoms with Crippen LogP contribution in [0.2, 0.25) is 0 Å². The molecule has 0 saturated carbocycles. The average Bonchev–Trinajstić information content (AvgIpc) is 2.61. The molecule has 0 fully saturated rings. The largest absolute Gasteiger partial charge is 0.322 e. The number of hydrogen-bond donors (Lipinski definition) is 1. The summed E-state index contributed by atoms with van der Waals surface area (Å²) < 4.78 is 39.5. The number of nitrogens with zero attached hydrogens (tertiary/aromatic N) is 1. The van der Waals surface area contributed by atoms with Gasteiger partial charge in [0.1, 0.15) is 5.82 Å². The van der Waals surface area contributed by atoms with Crippen molar-refractivity contribution in [3.05, 3.63) is 59.9 Å². The first-order chi connectivity index (χ1) is 12.4. The molecule has 0 aliphatic heterocycles. The highest BCUT2D eigenvalue weighted by Crippen LogP contribution is 2.18. The van der Waals surface area contributed by atoms with Gasteiger partial charge in [0.25, 0.3) is 5.91 Å². The van der Waals surface area contributed by atoms with Crippen LogP contribution in [0.3, 0.4) is 0 Å². The summed E-state index contributed by atoms with van der Waals surface area (Å²) in [5.41, 5.74) is 0.552. The topological polar surface area (TPSA) is 66.5 Å². The fourth-order valence-corrected chi connectivity index (χ4v) is 4.29. The van der Waals surface area contributed by atoms with Gasteiger partial charge >= 0.3 is 0 Å². The highest BCUT2D eigenvalue weighted by atomic mass is 35.5. The maximum Gasteiger partial charge on any atom is 0.255 e. The Morgan fingerprint density at radius 3 is 2.19 bits per heavy atom. The van der Waals surface area contributed by atoms with Crippen LogP contribution in [0.25, 0.3) is 0 Å². The van der Waals surface area contributed by atoms with Crippen LogP contribution >= 0.6 is 23.2 Å². The molecule has 140 valence electrons. The minimum Gasteiger partial charge on any atom is -0.322 e. The molecule has 2 aromatic rings. The Bertz CT molecular complexity index is 855.